The van der Waals surface area contributed by atoms with Crippen molar-refractivity contribution in [2.75, 3.05) is 32.9 Å². The minimum Gasteiger partial charge on any atom is -0.395 e. The summed E-state index contributed by atoms with van der Waals surface area (Å²) in [4.78, 5) is 2.19. The van der Waals surface area contributed by atoms with Gasteiger partial charge < -0.3 is 14.9 Å². The van der Waals surface area contributed by atoms with Crippen LogP contribution in [0.15, 0.2) is 0 Å². The Kier molecular flexibility index (Phi) is 6.28. The maximum Gasteiger partial charge on any atom is 0.0900 e. The Morgan fingerprint density at radius 3 is 2.88 bits per heavy atom. The smallest absolute Gasteiger partial charge is 0.0900 e. The van der Waals surface area contributed by atoms with Crippen molar-refractivity contribution >= 4 is 0 Å². The topological polar surface area (TPSA) is 52.9 Å². The van der Waals surface area contributed by atoms with E-state index in [2.05, 4.69) is 11.8 Å². The minimum atomic E-state index is -0.445. The van der Waals surface area contributed by atoms with E-state index in [4.69, 9.17) is 4.74 Å². The van der Waals surface area contributed by atoms with Crippen LogP contribution in [0, 0.1) is 5.92 Å². The Hall–Kier alpha value is -0.160. The minimum absolute atomic E-state index is 0.183. The van der Waals surface area contributed by atoms with Gasteiger partial charge in [-0.05, 0) is 32.2 Å². The summed E-state index contributed by atoms with van der Waals surface area (Å²) in [6.07, 6.45) is 1.88. The Morgan fingerprint density at radius 1 is 1.50 bits per heavy atom. The monoisotopic (exact) mass is 231 g/mol. The zero-order valence-electron chi connectivity index (χ0n) is 10.4. The summed E-state index contributed by atoms with van der Waals surface area (Å²) in [6.45, 7) is 6.88. The fraction of sp³-hybridized carbons (Fsp3) is 1.00. The lowest BCUT2D eigenvalue weighted by Crippen LogP contribution is -2.50. The third kappa shape index (κ3) is 4.01. The molecule has 1 fully saturated rings. The van der Waals surface area contributed by atoms with Crippen molar-refractivity contribution in [3.8, 4) is 0 Å². The van der Waals surface area contributed by atoms with E-state index in [1.807, 2.05) is 6.92 Å². The van der Waals surface area contributed by atoms with Crippen LogP contribution in [-0.2, 0) is 4.74 Å². The van der Waals surface area contributed by atoms with Crippen molar-refractivity contribution in [2.24, 2.45) is 5.92 Å². The molecule has 0 amide bonds. The fourth-order valence-corrected chi connectivity index (χ4v) is 2.43. The molecule has 1 aliphatic rings. The van der Waals surface area contributed by atoms with Gasteiger partial charge in [0.1, 0.15) is 0 Å². The molecule has 16 heavy (non-hydrogen) atoms. The predicted molar refractivity (Wildman–Crippen MR) is 63.3 cm³/mol. The van der Waals surface area contributed by atoms with Crippen molar-refractivity contribution in [3.63, 3.8) is 0 Å². The van der Waals surface area contributed by atoms with E-state index < -0.39 is 6.10 Å². The lowest BCUT2D eigenvalue weighted by molar-refractivity contribution is -0.0155. The van der Waals surface area contributed by atoms with Crippen LogP contribution in [0.3, 0.4) is 0 Å². The van der Waals surface area contributed by atoms with Gasteiger partial charge in [-0.3, -0.25) is 4.90 Å². The zero-order chi connectivity index (χ0) is 12.0. The van der Waals surface area contributed by atoms with Gasteiger partial charge in [-0.15, -0.1) is 0 Å². The van der Waals surface area contributed by atoms with Gasteiger partial charge in [0.05, 0.1) is 19.3 Å². The van der Waals surface area contributed by atoms with Crippen LogP contribution in [0.5, 0.6) is 0 Å². The molecule has 0 aromatic rings. The van der Waals surface area contributed by atoms with E-state index in [1.54, 1.807) is 0 Å². The molecular formula is C12H25NO3. The van der Waals surface area contributed by atoms with Gasteiger partial charge in [0.15, 0.2) is 0 Å². The maximum atomic E-state index is 9.78. The largest absolute Gasteiger partial charge is 0.395 e. The highest BCUT2D eigenvalue weighted by Gasteiger charge is 2.28. The molecule has 1 heterocycles. The molecule has 1 saturated heterocycles. The molecule has 1 aliphatic heterocycles. The lowest BCUT2D eigenvalue weighted by Gasteiger charge is -2.39. The first kappa shape index (κ1) is 13.9. The molecule has 1 rings (SSSR count). The average molecular weight is 231 g/mol. The van der Waals surface area contributed by atoms with Gasteiger partial charge in [0.25, 0.3) is 0 Å². The Labute approximate surface area is 98.2 Å². The Balaban J connectivity index is 2.38. The second-order valence-electron chi connectivity index (χ2n) is 4.68. The van der Waals surface area contributed by atoms with E-state index >= 15 is 0 Å². The number of nitrogens with zero attached hydrogens (tertiary/aromatic N) is 1. The average Bonchev–Trinajstić information content (AvgIpc) is 2.27. The van der Waals surface area contributed by atoms with Crippen molar-refractivity contribution in [3.05, 3.63) is 0 Å². The molecule has 0 unspecified atom stereocenters. The third-order valence-corrected chi connectivity index (χ3v) is 3.38. The van der Waals surface area contributed by atoms with Crippen molar-refractivity contribution in [1.82, 2.24) is 4.90 Å². The highest BCUT2D eigenvalue weighted by atomic mass is 16.5. The van der Waals surface area contributed by atoms with E-state index in [0.717, 1.165) is 13.0 Å². The van der Waals surface area contributed by atoms with Crippen molar-refractivity contribution in [1.29, 1.82) is 0 Å². The van der Waals surface area contributed by atoms with Crippen LogP contribution in [0.25, 0.3) is 0 Å². The fourth-order valence-electron chi connectivity index (χ4n) is 2.43. The number of aliphatic hydroxyl groups is 2. The van der Waals surface area contributed by atoms with Gasteiger partial charge in [0, 0.05) is 19.2 Å². The first-order valence-electron chi connectivity index (χ1n) is 6.29. The molecule has 2 N–H and O–H groups in total. The van der Waals surface area contributed by atoms with Gasteiger partial charge >= 0.3 is 0 Å². The molecule has 0 aromatic heterocycles. The second kappa shape index (κ2) is 7.22. The van der Waals surface area contributed by atoms with Crippen LogP contribution in [-0.4, -0.2) is 60.2 Å². The molecular weight excluding hydrogens is 206 g/mol. The van der Waals surface area contributed by atoms with Crippen molar-refractivity contribution in [2.45, 2.75) is 38.8 Å². The summed E-state index contributed by atoms with van der Waals surface area (Å²) >= 11 is 0. The van der Waals surface area contributed by atoms with E-state index in [-0.39, 0.29) is 12.6 Å². The SMILES string of the molecule is CCOC[C@H](O)CN1CCC[C@@H](C)[C@@H]1CO. The zero-order valence-corrected chi connectivity index (χ0v) is 10.4. The molecule has 0 aromatic carbocycles. The standard InChI is InChI=1S/C12H25NO3/c1-3-16-9-11(15)7-13-6-4-5-10(2)12(13)8-14/h10-12,14-15H,3-9H2,1-2H3/t10-,11-,12+/m1/s1. The molecule has 3 atom stereocenters. The summed E-state index contributed by atoms with van der Waals surface area (Å²) in [5, 5.41) is 19.2. The summed E-state index contributed by atoms with van der Waals surface area (Å²) in [5.74, 6) is 0.512. The van der Waals surface area contributed by atoms with Crippen LogP contribution < -0.4 is 0 Å². The van der Waals surface area contributed by atoms with Gasteiger partial charge in [-0.2, -0.15) is 0 Å². The highest BCUT2D eigenvalue weighted by molar-refractivity contribution is 4.82. The van der Waals surface area contributed by atoms with E-state index in [0.29, 0.717) is 25.7 Å². The number of β-amino-alcohol motifs (C(OH)–C–C–N with tert-alkyl or cyclic N) is 1. The Bertz CT molecular complexity index is 189. The van der Waals surface area contributed by atoms with Crippen LogP contribution in [0.1, 0.15) is 26.7 Å². The molecule has 96 valence electrons. The van der Waals surface area contributed by atoms with E-state index in [1.165, 1.54) is 6.42 Å². The first-order chi connectivity index (χ1) is 7.69. The summed E-state index contributed by atoms with van der Waals surface area (Å²) < 4.78 is 5.19. The van der Waals surface area contributed by atoms with E-state index in [9.17, 15) is 10.2 Å². The lowest BCUT2D eigenvalue weighted by atomic mass is 9.91. The highest BCUT2D eigenvalue weighted by Crippen LogP contribution is 2.22. The number of likely N-dealkylation sites (tertiary alicyclic amines) is 1. The van der Waals surface area contributed by atoms with Gasteiger partial charge in [-0.1, -0.05) is 6.92 Å². The molecule has 0 aliphatic carbocycles. The number of hydrogen-bond acceptors (Lipinski definition) is 4. The van der Waals surface area contributed by atoms with Crippen LogP contribution in [0.2, 0.25) is 0 Å². The van der Waals surface area contributed by atoms with Crippen LogP contribution >= 0.6 is 0 Å². The number of piperidine rings is 1. The molecule has 0 spiro atoms. The quantitative estimate of drug-likeness (QED) is 0.698. The molecule has 4 heteroatoms. The number of aliphatic hydroxyl groups excluding tert-OH is 2. The predicted octanol–water partition coefficient (Wildman–Crippen LogP) is 0.477. The second-order valence-corrected chi connectivity index (χ2v) is 4.68. The van der Waals surface area contributed by atoms with Gasteiger partial charge in [-0.25, -0.2) is 0 Å². The van der Waals surface area contributed by atoms with Crippen LogP contribution in [0.4, 0.5) is 0 Å². The Morgan fingerprint density at radius 2 is 2.25 bits per heavy atom. The van der Waals surface area contributed by atoms with Gasteiger partial charge in [0.2, 0.25) is 0 Å². The summed E-state index contributed by atoms with van der Waals surface area (Å²) in [7, 11) is 0. The molecule has 0 bridgehead atoms. The maximum absolute atomic E-state index is 9.78. The van der Waals surface area contributed by atoms with Crippen molar-refractivity contribution < 1.29 is 14.9 Å². The summed E-state index contributed by atoms with van der Waals surface area (Å²) in [5.41, 5.74) is 0. The molecule has 0 saturated carbocycles. The number of rotatable bonds is 6. The first-order valence-corrected chi connectivity index (χ1v) is 6.29. The normalized spacial score (nSPS) is 29.2. The molecule has 4 nitrogen and oxygen atoms in total. The molecule has 0 radical (unpaired) electrons. The summed E-state index contributed by atoms with van der Waals surface area (Å²) in [6, 6.07) is 0.199. The number of hydrogen-bond donors (Lipinski definition) is 2. The third-order valence-electron chi connectivity index (χ3n) is 3.38. The number of ether oxygens (including phenoxy) is 1.